The Bertz CT molecular complexity index is 574. The molecule has 0 unspecified atom stereocenters. The van der Waals surface area contributed by atoms with Crippen molar-refractivity contribution in [3.05, 3.63) is 41.7 Å². The molecule has 0 fully saturated rings. The van der Waals surface area contributed by atoms with E-state index in [0.717, 1.165) is 11.4 Å². The molecule has 0 aliphatic carbocycles. The molecule has 0 spiro atoms. The van der Waals surface area contributed by atoms with Gasteiger partial charge in [0.15, 0.2) is 0 Å². The molecule has 0 saturated heterocycles. The molecule has 5 heteroatoms. The van der Waals surface area contributed by atoms with Crippen LogP contribution in [-0.4, -0.2) is 15.7 Å². The fourth-order valence-corrected chi connectivity index (χ4v) is 1.77. The van der Waals surface area contributed by atoms with Crippen molar-refractivity contribution >= 4 is 17.3 Å². The van der Waals surface area contributed by atoms with Crippen LogP contribution in [0.4, 0.5) is 11.4 Å². The van der Waals surface area contributed by atoms with Gasteiger partial charge in [-0.3, -0.25) is 9.48 Å². The van der Waals surface area contributed by atoms with Crippen LogP contribution in [0.2, 0.25) is 0 Å². The summed E-state index contributed by atoms with van der Waals surface area (Å²) in [5.74, 6) is -0.140. The maximum absolute atomic E-state index is 11.9. The second-order valence-electron chi connectivity index (χ2n) is 4.22. The van der Waals surface area contributed by atoms with Crippen molar-refractivity contribution < 1.29 is 4.79 Å². The fraction of sp³-hybridized carbons (Fsp3) is 0.231. The van der Waals surface area contributed by atoms with E-state index in [-0.39, 0.29) is 12.5 Å². The maximum atomic E-state index is 11.9. The number of hydrogen-bond acceptors (Lipinski definition) is 3. The number of aryl methyl sites for hydroxylation is 2. The summed E-state index contributed by atoms with van der Waals surface area (Å²) >= 11 is 0. The number of nitrogens with zero attached hydrogens (tertiary/aromatic N) is 2. The van der Waals surface area contributed by atoms with E-state index in [2.05, 4.69) is 10.4 Å². The normalized spacial score (nSPS) is 10.3. The second-order valence-corrected chi connectivity index (χ2v) is 4.22. The van der Waals surface area contributed by atoms with E-state index in [4.69, 9.17) is 5.73 Å². The molecule has 0 bridgehead atoms. The second kappa shape index (κ2) is 4.91. The summed E-state index contributed by atoms with van der Waals surface area (Å²) in [5.41, 5.74) is 8.81. The Morgan fingerprint density at radius 3 is 2.72 bits per heavy atom. The molecule has 1 heterocycles. The van der Waals surface area contributed by atoms with Gasteiger partial charge in [0.1, 0.15) is 6.54 Å². The predicted octanol–water partition coefficient (Wildman–Crippen LogP) is 1.72. The first-order chi connectivity index (χ1) is 8.56. The summed E-state index contributed by atoms with van der Waals surface area (Å²) in [5, 5.41) is 7.01. The Morgan fingerprint density at radius 1 is 1.39 bits per heavy atom. The number of hydrogen-bond donors (Lipinski definition) is 2. The number of para-hydroxylation sites is 2. The van der Waals surface area contributed by atoms with Gasteiger partial charge in [0.05, 0.1) is 17.1 Å². The molecule has 0 radical (unpaired) electrons. The molecule has 2 rings (SSSR count). The highest BCUT2D eigenvalue weighted by atomic mass is 16.2. The summed E-state index contributed by atoms with van der Waals surface area (Å²) in [7, 11) is 0. The molecular weight excluding hydrogens is 228 g/mol. The lowest BCUT2D eigenvalue weighted by Crippen LogP contribution is -2.20. The van der Waals surface area contributed by atoms with E-state index in [9.17, 15) is 4.79 Å². The third-order valence-electron chi connectivity index (χ3n) is 2.63. The minimum absolute atomic E-state index is 0.140. The summed E-state index contributed by atoms with van der Waals surface area (Å²) in [6, 6.07) is 9.11. The van der Waals surface area contributed by atoms with Gasteiger partial charge < -0.3 is 11.1 Å². The van der Waals surface area contributed by atoms with Crippen LogP contribution in [0, 0.1) is 13.8 Å². The van der Waals surface area contributed by atoms with Gasteiger partial charge in [-0.2, -0.15) is 5.10 Å². The van der Waals surface area contributed by atoms with Crippen molar-refractivity contribution in [3.8, 4) is 0 Å². The molecule has 1 aromatic heterocycles. The monoisotopic (exact) mass is 244 g/mol. The Balaban J connectivity index is 2.06. The molecule has 18 heavy (non-hydrogen) atoms. The van der Waals surface area contributed by atoms with Crippen molar-refractivity contribution in [3.63, 3.8) is 0 Å². The van der Waals surface area contributed by atoms with Crippen LogP contribution in [0.3, 0.4) is 0 Å². The number of carbonyl (C=O) groups is 1. The van der Waals surface area contributed by atoms with Gasteiger partial charge in [-0.1, -0.05) is 12.1 Å². The lowest BCUT2D eigenvalue weighted by Gasteiger charge is -2.08. The first-order valence-corrected chi connectivity index (χ1v) is 5.71. The van der Waals surface area contributed by atoms with Gasteiger partial charge in [0, 0.05) is 5.69 Å². The number of anilines is 2. The Hall–Kier alpha value is -2.30. The van der Waals surface area contributed by atoms with E-state index >= 15 is 0 Å². The van der Waals surface area contributed by atoms with E-state index in [1.807, 2.05) is 32.0 Å². The first kappa shape index (κ1) is 12.2. The summed E-state index contributed by atoms with van der Waals surface area (Å²) in [6.45, 7) is 4.01. The average molecular weight is 244 g/mol. The van der Waals surface area contributed by atoms with Crippen molar-refractivity contribution in [2.24, 2.45) is 0 Å². The van der Waals surface area contributed by atoms with Crippen molar-refractivity contribution in [2.45, 2.75) is 20.4 Å². The topological polar surface area (TPSA) is 72.9 Å². The summed E-state index contributed by atoms with van der Waals surface area (Å²) in [6.07, 6.45) is 0. The van der Waals surface area contributed by atoms with E-state index in [1.54, 1.807) is 16.8 Å². The van der Waals surface area contributed by atoms with Gasteiger partial charge in [0.25, 0.3) is 0 Å². The molecule has 1 aromatic carbocycles. The van der Waals surface area contributed by atoms with Crippen LogP contribution in [-0.2, 0) is 11.3 Å². The lowest BCUT2D eigenvalue weighted by molar-refractivity contribution is -0.116. The Labute approximate surface area is 106 Å². The van der Waals surface area contributed by atoms with Gasteiger partial charge >= 0.3 is 0 Å². The van der Waals surface area contributed by atoms with E-state index < -0.39 is 0 Å². The van der Waals surface area contributed by atoms with Crippen LogP contribution >= 0.6 is 0 Å². The number of benzene rings is 1. The third kappa shape index (κ3) is 2.68. The first-order valence-electron chi connectivity index (χ1n) is 5.71. The zero-order chi connectivity index (χ0) is 13.1. The zero-order valence-corrected chi connectivity index (χ0v) is 10.5. The minimum Gasteiger partial charge on any atom is -0.397 e. The van der Waals surface area contributed by atoms with Gasteiger partial charge in [-0.05, 0) is 32.0 Å². The fourth-order valence-electron chi connectivity index (χ4n) is 1.77. The third-order valence-corrected chi connectivity index (χ3v) is 2.63. The molecule has 0 aliphatic rings. The highest BCUT2D eigenvalue weighted by molar-refractivity contribution is 5.93. The number of nitrogens with two attached hydrogens (primary N) is 1. The highest BCUT2D eigenvalue weighted by Crippen LogP contribution is 2.16. The lowest BCUT2D eigenvalue weighted by atomic mass is 10.2. The Kier molecular flexibility index (Phi) is 3.32. The quantitative estimate of drug-likeness (QED) is 0.807. The number of nitrogens with one attached hydrogen (secondary N) is 1. The zero-order valence-electron chi connectivity index (χ0n) is 10.5. The summed E-state index contributed by atoms with van der Waals surface area (Å²) < 4.78 is 1.67. The maximum Gasteiger partial charge on any atom is 0.246 e. The number of nitrogen functional groups attached to an aromatic ring is 1. The molecular formula is C13H16N4O. The van der Waals surface area contributed by atoms with Crippen molar-refractivity contribution in [1.82, 2.24) is 9.78 Å². The Morgan fingerprint density at radius 2 is 2.11 bits per heavy atom. The largest absolute Gasteiger partial charge is 0.397 e. The van der Waals surface area contributed by atoms with Gasteiger partial charge in [0.2, 0.25) is 5.91 Å². The number of aromatic nitrogens is 2. The van der Waals surface area contributed by atoms with Gasteiger partial charge in [-0.15, -0.1) is 0 Å². The number of amides is 1. The summed E-state index contributed by atoms with van der Waals surface area (Å²) in [4.78, 5) is 11.9. The molecule has 1 amide bonds. The molecule has 94 valence electrons. The molecule has 0 atom stereocenters. The van der Waals surface area contributed by atoms with E-state index in [0.29, 0.717) is 11.4 Å². The van der Waals surface area contributed by atoms with Crippen LogP contribution in [0.5, 0.6) is 0 Å². The smallest absolute Gasteiger partial charge is 0.246 e. The number of rotatable bonds is 3. The number of carbonyl (C=O) groups excluding carboxylic acids is 1. The van der Waals surface area contributed by atoms with E-state index in [1.165, 1.54) is 0 Å². The molecule has 0 aliphatic heterocycles. The van der Waals surface area contributed by atoms with Crippen LogP contribution < -0.4 is 11.1 Å². The van der Waals surface area contributed by atoms with Gasteiger partial charge in [-0.25, -0.2) is 0 Å². The molecule has 3 N–H and O–H groups in total. The molecule has 0 saturated carbocycles. The van der Waals surface area contributed by atoms with Crippen molar-refractivity contribution in [1.29, 1.82) is 0 Å². The van der Waals surface area contributed by atoms with Crippen molar-refractivity contribution in [2.75, 3.05) is 11.1 Å². The predicted molar refractivity (Wildman–Crippen MR) is 71.2 cm³/mol. The SMILES string of the molecule is Cc1cc(C)n(CC(=O)Nc2ccccc2N)n1. The minimum atomic E-state index is -0.140. The average Bonchev–Trinajstić information content (AvgIpc) is 2.61. The molecule has 5 nitrogen and oxygen atoms in total. The van der Waals surface area contributed by atoms with Crippen LogP contribution in [0.15, 0.2) is 30.3 Å². The highest BCUT2D eigenvalue weighted by Gasteiger charge is 2.08. The van der Waals surface area contributed by atoms with Crippen LogP contribution in [0.1, 0.15) is 11.4 Å². The standard InChI is InChI=1S/C13H16N4O/c1-9-7-10(2)17(16-9)8-13(18)15-12-6-4-3-5-11(12)14/h3-7H,8,14H2,1-2H3,(H,15,18). The molecule has 2 aromatic rings. The van der Waals surface area contributed by atoms with Crippen LogP contribution in [0.25, 0.3) is 0 Å².